The van der Waals surface area contributed by atoms with E-state index >= 15 is 0 Å². The van der Waals surface area contributed by atoms with Crippen LogP contribution in [0, 0.1) is 0 Å². The van der Waals surface area contributed by atoms with Crippen LogP contribution in [0.4, 0.5) is 0 Å². The molecular weight excluding hydrogens is 212 g/mol. The van der Waals surface area contributed by atoms with E-state index in [2.05, 4.69) is 23.7 Å². The lowest BCUT2D eigenvalue weighted by Crippen LogP contribution is -2.31. The summed E-state index contributed by atoms with van der Waals surface area (Å²) in [6, 6.07) is 4.06. The molecule has 96 valence electrons. The zero-order valence-corrected chi connectivity index (χ0v) is 11.0. The van der Waals surface area contributed by atoms with Crippen molar-refractivity contribution in [2.75, 3.05) is 13.1 Å². The van der Waals surface area contributed by atoms with Crippen molar-refractivity contribution in [1.29, 1.82) is 0 Å². The van der Waals surface area contributed by atoms with Crippen LogP contribution in [-0.2, 0) is 6.54 Å². The van der Waals surface area contributed by atoms with E-state index in [-0.39, 0.29) is 6.10 Å². The molecule has 1 N–H and O–H groups in total. The average molecular weight is 236 g/mol. The van der Waals surface area contributed by atoms with Crippen LogP contribution in [0.25, 0.3) is 0 Å². The van der Waals surface area contributed by atoms with Crippen LogP contribution in [0.1, 0.15) is 38.7 Å². The Balaban J connectivity index is 2.38. The molecule has 1 aromatic heterocycles. The van der Waals surface area contributed by atoms with E-state index < -0.39 is 0 Å². The van der Waals surface area contributed by atoms with Crippen molar-refractivity contribution in [3.05, 3.63) is 30.1 Å². The molecule has 0 aromatic carbocycles. The van der Waals surface area contributed by atoms with Gasteiger partial charge in [0, 0.05) is 25.5 Å². The lowest BCUT2D eigenvalue weighted by Gasteiger charge is -2.23. The first-order valence-corrected chi connectivity index (χ1v) is 6.55. The number of rotatable bonds is 8. The minimum atomic E-state index is -0.197. The summed E-state index contributed by atoms with van der Waals surface area (Å²) in [6.07, 6.45) is 6.59. The smallest absolute Gasteiger partial charge is 0.0667 e. The van der Waals surface area contributed by atoms with Crippen LogP contribution in [0.15, 0.2) is 24.5 Å². The third-order valence-corrected chi connectivity index (χ3v) is 2.96. The van der Waals surface area contributed by atoms with Gasteiger partial charge in [-0.15, -0.1) is 0 Å². The summed E-state index contributed by atoms with van der Waals surface area (Å²) in [5.74, 6) is 0. The first-order valence-electron chi connectivity index (χ1n) is 6.55. The van der Waals surface area contributed by atoms with Gasteiger partial charge in [0.2, 0.25) is 0 Å². The molecule has 0 aliphatic heterocycles. The number of nitrogens with zero attached hydrogens (tertiary/aromatic N) is 2. The highest BCUT2D eigenvalue weighted by molar-refractivity contribution is 5.09. The molecule has 0 aliphatic carbocycles. The molecule has 1 atom stereocenters. The minimum Gasteiger partial charge on any atom is -0.392 e. The van der Waals surface area contributed by atoms with Gasteiger partial charge < -0.3 is 5.11 Å². The molecule has 1 aromatic rings. The second kappa shape index (κ2) is 8.20. The molecule has 3 nitrogen and oxygen atoms in total. The van der Waals surface area contributed by atoms with Crippen LogP contribution in [0.3, 0.4) is 0 Å². The number of hydrogen-bond acceptors (Lipinski definition) is 3. The SMILES string of the molecule is CCCCC(O)CN(CC)Cc1ccncc1. The molecule has 1 rings (SSSR count). The molecule has 0 aliphatic rings. The van der Waals surface area contributed by atoms with E-state index in [9.17, 15) is 5.11 Å². The molecular formula is C14H24N2O. The minimum absolute atomic E-state index is 0.197. The predicted molar refractivity (Wildman–Crippen MR) is 70.7 cm³/mol. The molecule has 0 radical (unpaired) electrons. The van der Waals surface area contributed by atoms with Gasteiger partial charge in [0.25, 0.3) is 0 Å². The van der Waals surface area contributed by atoms with Crippen molar-refractivity contribution in [3.8, 4) is 0 Å². The number of aliphatic hydroxyl groups excluding tert-OH is 1. The number of pyridine rings is 1. The Labute approximate surface area is 104 Å². The van der Waals surface area contributed by atoms with Gasteiger partial charge in [-0.3, -0.25) is 9.88 Å². The van der Waals surface area contributed by atoms with E-state index in [4.69, 9.17) is 0 Å². The zero-order valence-electron chi connectivity index (χ0n) is 11.0. The maximum absolute atomic E-state index is 9.91. The van der Waals surface area contributed by atoms with Gasteiger partial charge in [-0.25, -0.2) is 0 Å². The first kappa shape index (κ1) is 14.1. The van der Waals surface area contributed by atoms with Crippen LogP contribution in [0.5, 0.6) is 0 Å². The predicted octanol–water partition coefficient (Wildman–Crippen LogP) is 2.45. The molecule has 0 amide bonds. The quantitative estimate of drug-likeness (QED) is 0.753. The summed E-state index contributed by atoms with van der Waals surface area (Å²) in [5.41, 5.74) is 1.25. The Morgan fingerprint density at radius 3 is 2.59 bits per heavy atom. The maximum Gasteiger partial charge on any atom is 0.0667 e. The fourth-order valence-electron chi connectivity index (χ4n) is 1.88. The van der Waals surface area contributed by atoms with Gasteiger partial charge in [0.05, 0.1) is 6.10 Å². The molecule has 0 saturated heterocycles. The van der Waals surface area contributed by atoms with Crippen molar-refractivity contribution in [2.45, 2.75) is 45.8 Å². The molecule has 3 heteroatoms. The second-order valence-corrected chi connectivity index (χ2v) is 4.48. The Bertz CT molecular complexity index is 290. The number of likely N-dealkylation sites (N-methyl/N-ethyl adjacent to an activating group) is 1. The zero-order chi connectivity index (χ0) is 12.5. The number of unbranched alkanes of at least 4 members (excludes halogenated alkanes) is 1. The van der Waals surface area contributed by atoms with Crippen molar-refractivity contribution in [2.24, 2.45) is 0 Å². The van der Waals surface area contributed by atoms with Gasteiger partial charge in [0.1, 0.15) is 0 Å². The molecule has 0 spiro atoms. The molecule has 0 fully saturated rings. The van der Waals surface area contributed by atoms with Gasteiger partial charge >= 0.3 is 0 Å². The maximum atomic E-state index is 9.91. The van der Waals surface area contributed by atoms with Gasteiger partial charge in [-0.05, 0) is 30.7 Å². The Morgan fingerprint density at radius 2 is 2.00 bits per heavy atom. The fourth-order valence-corrected chi connectivity index (χ4v) is 1.88. The van der Waals surface area contributed by atoms with E-state index in [0.29, 0.717) is 0 Å². The van der Waals surface area contributed by atoms with Gasteiger partial charge in [-0.1, -0.05) is 26.7 Å². The highest BCUT2D eigenvalue weighted by Gasteiger charge is 2.10. The molecule has 1 heterocycles. The number of aromatic nitrogens is 1. The first-order chi connectivity index (χ1) is 8.26. The Hall–Kier alpha value is -0.930. The summed E-state index contributed by atoms with van der Waals surface area (Å²) in [5, 5.41) is 9.91. The molecule has 0 saturated carbocycles. The van der Waals surface area contributed by atoms with Crippen molar-refractivity contribution < 1.29 is 5.11 Å². The summed E-state index contributed by atoms with van der Waals surface area (Å²) < 4.78 is 0. The topological polar surface area (TPSA) is 36.4 Å². The van der Waals surface area contributed by atoms with E-state index in [1.165, 1.54) is 5.56 Å². The number of hydrogen-bond donors (Lipinski definition) is 1. The summed E-state index contributed by atoms with van der Waals surface area (Å²) in [4.78, 5) is 6.29. The van der Waals surface area contributed by atoms with Crippen molar-refractivity contribution in [3.63, 3.8) is 0 Å². The van der Waals surface area contributed by atoms with Gasteiger partial charge in [0.15, 0.2) is 0 Å². The Morgan fingerprint density at radius 1 is 1.29 bits per heavy atom. The third kappa shape index (κ3) is 5.80. The highest BCUT2D eigenvalue weighted by Crippen LogP contribution is 2.07. The van der Waals surface area contributed by atoms with E-state index in [0.717, 1.165) is 38.9 Å². The van der Waals surface area contributed by atoms with Crippen molar-refractivity contribution in [1.82, 2.24) is 9.88 Å². The van der Waals surface area contributed by atoms with Gasteiger partial charge in [-0.2, -0.15) is 0 Å². The summed E-state index contributed by atoms with van der Waals surface area (Å²) in [7, 11) is 0. The highest BCUT2D eigenvalue weighted by atomic mass is 16.3. The fraction of sp³-hybridized carbons (Fsp3) is 0.643. The van der Waals surface area contributed by atoms with Crippen LogP contribution in [0.2, 0.25) is 0 Å². The second-order valence-electron chi connectivity index (χ2n) is 4.48. The normalized spacial score (nSPS) is 12.9. The van der Waals surface area contributed by atoms with Crippen LogP contribution in [-0.4, -0.2) is 34.2 Å². The lowest BCUT2D eigenvalue weighted by molar-refractivity contribution is 0.102. The van der Waals surface area contributed by atoms with E-state index in [1.54, 1.807) is 0 Å². The lowest BCUT2D eigenvalue weighted by atomic mass is 10.1. The van der Waals surface area contributed by atoms with Crippen molar-refractivity contribution >= 4 is 0 Å². The summed E-state index contributed by atoms with van der Waals surface area (Å²) in [6.45, 7) is 6.90. The van der Waals surface area contributed by atoms with Crippen LogP contribution >= 0.6 is 0 Å². The number of aliphatic hydroxyl groups is 1. The standard InChI is InChI=1S/C14H24N2O/c1-3-5-6-14(17)12-16(4-2)11-13-7-9-15-10-8-13/h7-10,14,17H,3-6,11-12H2,1-2H3. The largest absolute Gasteiger partial charge is 0.392 e. The third-order valence-electron chi connectivity index (χ3n) is 2.96. The molecule has 0 bridgehead atoms. The molecule has 1 unspecified atom stereocenters. The molecule has 17 heavy (non-hydrogen) atoms. The Kier molecular flexibility index (Phi) is 6.82. The monoisotopic (exact) mass is 236 g/mol. The summed E-state index contributed by atoms with van der Waals surface area (Å²) >= 11 is 0. The van der Waals surface area contributed by atoms with Crippen LogP contribution < -0.4 is 0 Å². The average Bonchev–Trinajstić information content (AvgIpc) is 2.36. The van der Waals surface area contributed by atoms with E-state index in [1.807, 2.05) is 24.5 Å².